The molecule has 94 valence electrons. The van der Waals surface area contributed by atoms with Crippen molar-refractivity contribution < 1.29 is 9.13 Å². The van der Waals surface area contributed by atoms with Crippen LogP contribution < -0.4 is 10.5 Å². The Hall–Kier alpha value is -1.36. The van der Waals surface area contributed by atoms with Crippen LogP contribution in [0.5, 0.6) is 11.6 Å². The predicted octanol–water partition coefficient (Wildman–Crippen LogP) is 3.78. The molecule has 6 heteroatoms. The Labute approximate surface area is 113 Å². The summed E-state index contributed by atoms with van der Waals surface area (Å²) in [5, 5.41) is 0.236. The summed E-state index contributed by atoms with van der Waals surface area (Å²) in [7, 11) is 0. The van der Waals surface area contributed by atoms with E-state index in [-0.39, 0.29) is 21.7 Å². The third-order valence-electron chi connectivity index (χ3n) is 2.22. The van der Waals surface area contributed by atoms with Crippen molar-refractivity contribution >= 4 is 23.2 Å². The molecule has 0 fully saturated rings. The van der Waals surface area contributed by atoms with E-state index in [1.807, 2.05) is 0 Å². The molecule has 1 aromatic carbocycles. The summed E-state index contributed by atoms with van der Waals surface area (Å²) in [5.41, 5.74) is 6.21. The predicted molar refractivity (Wildman–Crippen MR) is 68.6 cm³/mol. The summed E-state index contributed by atoms with van der Waals surface area (Å²) < 4.78 is 18.9. The first kappa shape index (κ1) is 13.1. The van der Waals surface area contributed by atoms with Gasteiger partial charge in [-0.05, 0) is 23.8 Å². The van der Waals surface area contributed by atoms with Crippen LogP contribution in [0.1, 0.15) is 5.56 Å². The first-order chi connectivity index (χ1) is 8.61. The SMILES string of the molecule is NCc1cnc(Oc2cccc(Cl)c2F)c(Cl)c1. The average molecular weight is 287 g/mol. The molecule has 0 saturated carbocycles. The zero-order valence-corrected chi connectivity index (χ0v) is 10.7. The van der Waals surface area contributed by atoms with E-state index < -0.39 is 5.82 Å². The van der Waals surface area contributed by atoms with Crippen molar-refractivity contribution in [1.29, 1.82) is 0 Å². The Balaban J connectivity index is 2.31. The minimum Gasteiger partial charge on any atom is -0.434 e. The Bertz CT molecular complexity index is 578. The molecule has 0 aliphatic heterocycles. The van der Waals surface area contributed by atoms with Crippen molar-refractivity contribution in [2.45, 2.75) is 6.54 Å². The molecule has 3 nitrogen and oxygen atoms in total. The van der Waals surface area contributed by atoms with E-state index in [2.05, 4.69) is 4.98 Å². The van der Waals surface area contributed by atoms with Crippen molar-refractivity contribution in [1.82, 2.24) is 4.98 Å². The Kier molecular flexibility index (Phi) is 4.01. The standard InChI is InChI=1S/C12H9Cl2FN2O/c13-8-2-1-3-10(11(8)15)18-12-9(14)4-7(5-16)6-17-12/h1-4,6H,5,16H2. The monoisotopic (exact) mass is 286 g/mol. The minimum atomic E-state index is -0.653. The normalized spacial score (nSPS) is 10.4. The summed E-state index contributed by atoms with van der Waals surface area (Å²) in [5.74, 6) is -0.577. The molecule has 2 rings (SSSR count). The smallest absolute Gasteiger partial charge is 0.238 e. The number of nitrogens with two attached hydrogens (primary N) is 1. The molecule has 2 aromatic rings. The lowest BCUT2D eigenvalue weighted by Crippen LogP contribution is -1.98. The molecular formula is C12H9Cl2FN2O. The van der Waals surface area contributed by atoms with Gasteiger partial charge in [-0.25, -0.2) is 9.37 Å². The van der Waals surface area contributed by atoms with Crippen LogP contribution in [0.3, 0.4) is 0 Å². The van der Waals surface area contributed by atoms with E-state index in [9.17, 15) is 4.39 Å². The summed E-state index contributed by atoms with van der Waals surface area (Å²) in [6.07, 6.45) is 1.52. The van der Waals surface area contributed by atoms with Gasteiger partial charge < -0.3 is 10.5 Å². The molecule has 0 radical (unpaired) electrons. The van der Waals surface area contributed by atoms with Gasteiger partial charge in [-0.2, -0.15) is 0 Å². The zero-order valence-electron chi connectivity index (χ0n) is 9.16. The average Bonchev–Trinajstić information content (AvgIpc) is 2.37. The molecule has 18 heavy (non-hydrogen) atoms. The third-order valence-corrected chi connectivity index (χ3v) is 2.79. The molecule has 0 aliphatic carbocycles. The molecule has 1 heterocycles. The number of pyridine rings is 1. The van der Waals surface area contributed by atoms with Crippen molar-refractivity contribution in [3.05, 3.63) is 51.9 Å². The number of ether oxygens (including phenoxy) is 1. The topological polar surface area (TPSA) is 48.1 Å². The molecule has 0 saturated heterocycles. The maximum Gasteiger partial charge on any atom is 0.238 e. The molecule has 0 atom stereocenters. The van der Waals surface area contributed by atoms with Crippen LogP contribution in [0, 0.1) is 5.82 Å². The zero-order chi connectivity index (χ0) is 13.1. The molecule has 1 aromatic heterocycles. The summed E-state index contributed by atoms with van der Waals surface area (Å²) in [6.45, 7) is 0.318. The van der Waals surface area contributed by atoms with Crippen LogP contribution in [0.2, 0.25) is 10.0 Å². The molecule has 0 unspecified atom stereocenters. The van der Waals surface area contributed by atoms with E-state index in [1.54, 1.807) is 12.1 Å². The van der Waals surface area contributed by atoms with Crippen molar-refractivity contribution in [2.24, 2.45) is 5.73 Å². The highest BCUT2D eigenvalue weighted by Gasteiger charge is 2.11. The lowest BCUT2D eigenvalue weighted by atomic mass is 10.3. The quantitative estimate of drug-likeness (QED) is 0.934. The number of nitrogens with zero attached hydrogens (tertiary/aromatic N) is 1. The highest BCUT2D eigenvalue weighted by Crippen LogP contribution is 2.31. The third kappa shape index (κ3) is 2.72. The van der Waals surface area contributed by atoms with E-state index in [1.165, 1.54) is 18.3 Å². The molecule has 0 spiro atoms. The lowest BCUT2D eigenvalue weighted by molar-refractivity contribution is 0.427. The summed E-state index contributed by atoms with van der Waals surface area (Å²) >= 11 is 11.6. The minimum absolute atomic E-state index is 0.0257. The van der Waals surface area contributed by atoms with E-state index in [0.29, 0.717) is 6.54 Å². The lowest BCUT2D eigenvalue weighted by Gasteiger charge is -2.08. The molecule has 0 amide bonds. The van der Waals surface area contributed by atoms with Gasteiger partial charge >= 0.3 is 0 Å². The number of hydrogen-bond donors (Lipinski definition) is 1. The van der Waals surface area contributed by atoms with Crippen LogP contribution in [0.25, 0.3) is 0 Å². The maximum absolute atomic E-state index is 13.6. The fourth-order valence-electron chi connectivity index (χ4n) is 1.32. The van der Waals surface area contributed by atoms with Gasteiger partial charge in [-0.15, -0.1) is 0 Å². The van der Waals surface area contributed by atoms with Crippen molar-refractivity contribution in [2.75, 3.05) is 0 Å². The van der Waals surface area contributed by atoms with Gasteiger partial charge in [0.05, 0.1) is 5.02 Å². The summed E-state index contributed by atoms with van der Waals surface area (Å²) in [4.78, 5) is 3.97. The van der Waals surface area contributed by atoms with Crippen LogP contribution in [0.4, 0.5) is 4.39 Å². The van der Waals surface area contributed by atoms with Gasteiger partial charge in [0.2, 0.25) is 5.88 Å². The van der Waals surface area contributed by atoms with Gasteiger partial charge in [0.25, 0.3) is 0 Å². The highest BCUT2D eigenvalue weighted by molar-refractivity contribution is 6.32. The van der Waals surface area contributed by atoms with E-state index in [0.717, 1.165) is 5.56 Å². The first-order valence-corrected chi connectivity index (χ1v) is 5.83. The number of halogens is 3. The van der Waals surface area contributed by atoms with Crippen LogP contribution in [-0.4, -0.2) is 4.98 Å². The highest BCUT2D eigenvalue weighted by atomic mass is 35.5. The van der Waals surface area contributed by atoms with Gasteiger partial charge in [-0.1, -0.05) is 29.3 Å². The van der Waals surface area contributed by atoms with Gasteiger partial charge in [-0.3, -0.25) is 0 Å². The molecule has 2 N–H and O–H groups in total. The second-order valence-corrected chi connectivity index (χ2v) is 4.30. The molecular weight excluding hydrogens is 278 g/mol. The second-order valence-electron chi connectivity index (χ2n) is 3.49. The largest absolute Gasteiger partial charge is 0.434 e. The van der Waals surface area contributed by atoms with Crippen LogP contribution in [0.15, 0.2) is 30.5 Å². The van der Waals surface area contributed by atoms with Gasteiger partial charge in [0.15, 0.2) is 11.6 Å². The summed E-state index contributed by atoms with van der Waals surface area (Å²) in [6, 6.07) is 6.06. The van der Waals surface area contributed by atoms with Crippen molar-refractivity contribution in [3.8, 4) is 11.6 Å². The molecule has 0 bridgehead atoms. The fraction of sp³-hybridized carbons (Fsp3) is 0.0833. The van der Waals surface area contributed by atoms with Gasteiger partial charge in [0.1, 0.15) is 5.02 Å². The Morgan fingerprint density at radius 2 is 2.06 bits per heavy atom. The number of aromatic nitrogens is 1. The van der Waals surface area contributed by atoms with Gasteiger partial charge in [0, 0.05) is 12.7 Å². The number of rotatable bonds is 3. The van der Waals surface area contributed by atoms with Crippen molar-refractivity contribution in [3.63, 3.8) is 0 Å². The van der Waals surface area contributed by atoms with Crippen LogP contribution in [-0.2, 0) is 6.54 Å². The second kappa shape index (κ2) is 5.52. The first-order valence-electron chi connectivity index (χ1n) is 5.08. The maximum atomic E-state index is 13.6. The molecule has 0 aliphatic rings. The Morgan fingerprint density at radius 1 is 1.28 bits per heavy atom. The Morgan fingerprint density at radius 3 is 2.72 bits per heavy atom. The van der Waals surface area contributed by atoms with E-state index in [4.69, 9.17) is 33.7 Å². The number of hydrogen-bond acceptors (Lipinski definition) is 3. The van der Waals surface area contributed by atoms with Crippen LogP contribution >= 0.6 is 23.2 Å². The van der Waals surface area contributed by atoms with E-state index >= 15 is 0 Å². The number of benzene rings is 1. The fourth-order valence-corrected chi connectivity index (χ4v) is 1.71.